The molecule has 1 heterocycles. The van der Waals surface area contributed by atoms with Gasteiger partial charge in [0.05, 0.1) is 0 Å². The lowest BCUT2D eigenvalue weighted by molar-refractivity contribution is 0.529. The molecule has 0 saturated heterocycles. The van der Waals surface area contributed by atoms with E-state index in [9.17, 15) is 0 Å². The number of hydrogen-bond acceptors (Lipinski definition) is 2. The SMILES string of the molecule is Cc1ccc(C=S)o1. The van der Waals surface area contributed by atoms with Crippen molar-refractivity contribution in [3.63, 3.8) is 0 Å². The summed E-state index contributed by atoms with van der Waals surface area (Å²) in [4.78, 5) is 0. The van der Waals surface area contributed by atoms with E-state index < -0.39 is 0 Å². The van der Waals surface area contributed by atoms with Crippen LogP contribution in [0, 0.1) is 6.92 Å². The molecule has 0 amide bonds. The minimum Gasteiger partial charge on any atom is -0.461 e. The molecule has 0 spiro atoms. The fourth-order valence-corrected chi connectivity index (χ4v) is 0.643. The van der Waals surface area contributed by atoms with E-state index in [1.54, 1.807) is 0 Å². The first-order valence-electron chi connectivity index (χ1n) is 2.34. The summed E-state index contributed by atoms with van der Waals surface area (Å²) in [5.74, 6) is 1.67. The first-order valence-corrected chi connectivity index (χ1v) is 2.81. The molecule has 1 aromatic rings. The van der Waals surface area contributed by atoms with Gasteiger partial charge in [-0.05, 0) is 19.1 Å². The topological polar surface area (TPSA) is 13.1 Å². The molecule has 8 heavy (non-hydrogen) atoms. The fraction of sp³-hybridized carbons (Fsp3) is 0.167. The summed E-state index contributed by atoms with van der Waals surface area (Å²) in [5, 5.41) is 1.52. The molecule has 0 radical (unpaired) electrons. The highest BCUT2D eigenvalue weighted by atomic mass is 32.1. The Morgan fingerprint density at radius 2 is 2.38 bits per heavy atom. The zero-order chi connectivity index (χ0) is 5.98. The molecule has 2 heteroatoms. The Kier molecular flexibility index (Phi) is 1.44. The zero-order valence-electron chi connectivity index (χ0n) is 4.55. The van der Waals surface area contributed by atoms with E-state index in [0.29, 0.717) is 0 Å². The molecule has 0 atom stereocenters. The first-order chi connectivity index (χ1) is 3.83. The molecular weight excluding hydrogens is 120 g/mol. The van der Waals surface area contributed by atoms with Gasteiger partial charge in [0.1, 0.15) is 11.5 Å². The minimum atomic E-state index is 0.762. The molecule has 0 fully saturated rings. The molecule has 0 aliphatic carbocycles. The van der Waals surface area contributed by atoms with Crippen molar-refractivity contribution in [2.75, 3.05) is 0 Å². The van der Waals surface area contributed by atoms with Crippen LogP contribution in [0.1, 0.15) is 11.5 Å². The van der Waals surface area contributed by atoms with Crippen LogP contribution < -0.4 is 0 Å². The van der Waals surface area contributed by atoms with Gasteiger partial charge in [0.15, 0.2) is 0 Å². The van der Waals surface area contributed by atoms with Crippen LogP contribution in [0.5, 0.6) is 0 Å². The van der Waals surface area contributed by atoms with Crippen molar-refractivity contribution in [3.8, 4) is 0 Å². The molecule has 0 saturated carbocycles. The Hall–Kier alpha value is -0.630. The molecule has 0 aliphatic rings. The van der Waals surface area contributed by atoms with Gasteiger partial charge in [-0.1, -0.05) is 12.2 Å². The molecule has 1 nitrogen and oxygen atoms in total. The van der Waals surface area contributed by atoms with E-state index >= 15 is 0 Å². The Morgan fingerprint density at radius 3 is 2.62 bits per heavy atom. The van der Waals surface area contributed by atoms with Gasteiger partial charge >= 0.3 is 0 Å². The largest absolute Gasteiger partial charge is 0.461 e. The molecule has 42 valence electrons. The van der Waals surface area contributed by atoms with E-state index in [2.05, 4.69) is 12.2 Å². The van der Waals surface area contributed by atoms with Gasteiger partial charge in [-0.25, -0.2) is 0 Å². The van der Waals surface area contributed by atoms with Crippen molar-refractivity contribution < 1.29 is 4.42 Å². The van der Waals surface area contributed by atoms with Gasteiger partial charge in [0, 0.05) is 5.37 Å². The van der Waals surface area contributed by atoms with Gasteiger partial charge in [-0.3, -0.25) is 0 Å². The van der Waals surface area contributed by atoms with Crippen molar-refractivity contribution in [1.29, 1.82) is 0 Å². The van der Waals surface area contributed by atoms with Gasteiger partial charge in [0.2, 0.25) is 0 Å². The van der Waals surface area contributed by atoms with E-state index in [1.807, 2.05) is 19.1 Å². The average molecular weight is 126 g/mol. The Balaban J connectivity index is 3.00. The summed E-state index contributed by atoms with van der Waals surface area (Å²) >= 11 is 4.61. The summed E-state index contributed by atoms with van der Waals surface area (Å²) in [7, 11) is 0. The minimum absolute atomic E-state index is 0.762. The van der Waals surface area contributed by atoms with Crippen molar-refractivity contribution in [2.45, 2.75) is 6.92 Å². The van der Waals surface area contributed by atoms with Crippen molar-refractivity contribution in [1.82, 2.24) is 0 Å². The second-order valence-electron chi connectivity index (χ2n) is 1.57. The number of thiocarbonyl (C=S) groups is 1. The molecule has 0 aromatic carbocycles. The summed E-state index contributed by atoms with van der Waals surface area (Å²) in [5.41, 5.74) is 0. The average Bonchev–Trinajstić information content (AvgIpc) is 2.14. The lowest BCUT2D eigenvalue weighted by atomic mass is 10.5. The van der Waals surface area contributed by atoms with Crippen LogP contribution in [0.15, 0.2) is 16.5 Å². The number of aryl methyl sites for hydroxylation is 1. The maximum Gasteiger partial charge on any atom is 0.137 e. The van der Waals surface area contributed by atoms with Crippen LogP contribution in [0.4, 0.5) is 0 Å². The fourth-order valence-electron chi connectivity index (χ4n) is 0.517. The highest BCUT2D eigenvalue weighted by Crippen LogP contribution is 2.02. The second kappa shape index (κ2) is 2.09. The molecule has 1 rings (SSSR count). The highest BCUT2D eigenvalue weighted by molar-refractivity contribution is 7.79. The van der Waals surface area contributed by atoms with Crippen molar-refractivity contribution >= 4 is 17.6 Å². The second-order valence-corrected chi connectivity index (χ2v) is 1.80. The van der Waals surface area contributed by atoms with Crippen LogP contribution in [0.2, 0.25) is 0 Å². The zero-order valence-corrected chi connectivity index (χ0v) is 5.37. The lowest BCUT2D eigenvalue weighted by Gasteiger charge is -1.77. The van der Waals surface area contributed by atoms with Crippen LogP contribution >= 0.6 is 12.2 Å². The van der Waals surface area contributed by atoms with Crippen LogP contribution in [0.3, 0.4) is 0 Å². The van der Waals surface area contributed by atoms with Gasteiger partial charge in [-0.15, -0.1) is 0 Å². The maximum atomic E-state index is 5.07. The van der Waals surface area contributed by atoms with Gasteiger partial charge in [-0.2, -0.15) is 0 Å². The molecule has 0 unspecified atom stereocenters. The Bertz CT molecular complexity index is 190. The van der Waals surface area contributed by atoms with E-state index in [4.69, 9.17) is 4.42 Å². The maximum absolute atomic E-state index is 5.07. The third-order valence-corrected chi connectivity index (χ3v) is 1.11. The molecule has 0 bridgehead atoms. The monoisotopic (exact) mass is 126 g/mol. The number of rotatable bonds is 1. The van der Waals surface area contributed by atoms with Crippen LogP contribution in [-0.4, -0.2) is 5.37 Å². The van der Waals surface area contributed by atoms with E-state index in [0.717, 1.165) is 11.5 Å². The standard InChI is InChI=1S/C6H6OS/c1-5-2-3-6(4-8)7-5/h2-4H,1H3. The smallest absolute Gasteiger partial charge is 0.137 e. The van der Waals surface area contributed by atoms with Crippen LogP contribution in [0.25, 0.3) is 0 Å². The summed E-state index contributed by atoms with van der Waals surface area (Å²) < 4.78 is 5.07. The van der Waals surface area contributed by atoms with E-state index in [1.165, 1.54) is 5.37 Å². The summed E-state index contributed by atoms with van der Waals surface area (Å²) in [6.45, 7) is 1.89. The number of furan rings is 1. The Morgan fingerprint density at radius 1 is 1.62 bits per heavy atom. The molecule has 0 aliphatic heterocycles. The molecule has 1 aromatic heterocycles. The summed E-state index contributed by atoms with van der Waals surface area (Å²) in [6.07, 6.45) is 0. The summed E-state index contributed by atoms with van der Waals surface area (Å²) in [6, 6.07) is 3.74. The van der Waals surface area contributed by atoms with Crippen LogP contribution in [-0.2, 0) is 0 Å². The number of hydrogen-bond donors (Lipinski definition) is 0. The predicted octanol–water partition coefficient (Wildman–Crippen LogP) is 1.94. The highest BCUT2D eigenvalue weighted by Gasteiger charge is 1.89. The molecule has 0 N–H and O–H groups in total. The Labute approximate surface area is 53.3 Å². The molecular formula is C6H6OS. The third-order valence-electron chi connectivity index (χ3n) is 0.877. The predicted molar refractivity (Wildman–Crippen MR) is 36.2 cm³/mol. The quantitative estimate of drug-likeness (QED) is 0.533. The first kappa shape index (κ1) is 5.51. The third kappa shape index (κ3) is 0.954. The van der Waals surface area contributed by atoms with Crippen molar-refractivity contribution in [3.05, 3.63) is 23.7 Å². The van der Waals surface area contributed by atoms with E-state index in [-0.39, 0.29) is 0 Å². The lowest BCUT2D eigenvalue weighted by Crippen LogP contribution is -1.64. The van der Waals surface area contributed by atoms with Crippen molar-refractivity contribution in [2.24, 2.45) is 0 Å². The normalized spacial score (nSPS) is 9.12. The van der Waals surface area contributed by atoms with Gasteiger partial charge < -0.3 is 4.42 Å². The van der Waals surface area contributed by atoms with Gasteiger partial charge in [0.25, 0.3) is 0 Å².